The molecule has 1 N–H and O–H groups in total. The highest BCUT2D eigenvalue weighted by Gasteiger charge is 2.23. The van der Waals surface area contributed by atoms with E-state index in [0.29, 0.717) is 25.9 Å². The smallest absolute Gasteiger partial charge is 0.223 e. The molecule has 0 unspecified atom stereocenters. The number of carbonyl (C=O) groups excluding carboxylic acids is 1. The number of hydrogen-bond acceptors (Lipinski definition) is 3. The lowest BCUT2D eigenvalue weighted by atomic mass is 10.2. The van der Waals surface area contributed by atoms with Crippen molar-refractivity contribution in [3.8, 4) is 0 Å². The number of aliphatic hydroxyl groups excluding tert-OH is 1. The van der Waals surface area contributed by atoms with E-state index in [1.807, 2.05) is 11.4 Å². The molecule has 0 saturated carbocycles. The topological polar surface area (TPSA) is 40.5 Å². The standard InChI is InChI=1S/C11H14ClNO2S/c12-8-5-10(16-7-8)1-2-11(15)13-4-3-9(14)6-13/h5,7,9,14H,1-4,6H2/t9-/m1/s1. The molecule has 1 atom stereocenters. The monoisotopic (exact) mass is 259 g/mol. The van der Waals surface area contributed by atoms with Gasteiger partial charge in [0.25, 0.3) is 0 Å². The van der Waals surface area contributed by atoms with Gasteiger partial charge in [0, 0.05) is 29.8 Å². The third-order valence-electron chi connectivity index (χ3n) is 2.72. The number of likely N-dealkylation sites (tertiary alicyclic amines) is 1. The molecule has 1 aliphatic heterocycles. The molecule has 1 aliphatic rings. The fraction of sp³-hybridized carbons (Fsp3) is 0.545. The van der Waals surface area contributed by atoms with Gasteiger partial charge in [0.15, 0.2) is 0 Å². The highest BCUT2D eigenvalue weighted by molar-refractivity contribution is 7.10. The Bertz CT molecular complexity index is 380. The molecule has 0 aromatic carbocycles. The number of nitrogens with zero attached hydrogens (tertiary/aromatic N) is 1. The third kappa shape index (κ3) is 2.97. The summed E-state index contributed by atoms with van der Waals surface area (Å²) in [6, 6.07) is 1.90. The van der Waals surface area contributed by atoms with E-state index in [1.54, 1.807) is 16.2 Å². The summed E-state index contributed by atoms with van der Waals surface area (Å²) in [5, 5.41) is 11.9. The zero-order valence-corrected chi connectivity index (χ0v) is 10.4. The SMILES string of the molecule is O=C(CCc1cc(Cl)cs1)N1CC[C@@H](O)C1. The number of aliphatic hydroxyl groups is 1. The molecular weight excluding hydrogens is 246 g/mol. The summed E-state index contributed by atoms with van der Waals surface area (Å²) in [6.45, 7) is 1.18. The van der Waals surface area contributed by atoms with Gasteiger partial charge in [-0.25, -0.2) is 0 Å². The average molecular weight is 260 g/mol. The summed E-state index contributed by atoms with van der Waals surface area (Å²) >= 11 is 7.39. The number of rotatable bonds is 3. The van der Waals surface area contributed by atoms with Crippen LogP contribution in [0.5, 0.6) is 0 Å². The first kappa shape index (κ1) is 11.9. The second kappa shape index (κ2) is 5.17. The van der Waals surface area contributed by atoms with E-state index in [4.69, 9.17) is 11.6 Å². The van der Waals surface area contributed by atoms with E-state index < -0.39 is 0 Å². The average Bonchev–Trinajstić information content (AvgIpc) is 2.84. The first-order valence-corrected chi connectivity index (χ1v) is 6.59. The van der Waals surface area contributed by atoms with Crippen LogP contribution in [-0.2, 0) is 11.2 Å². The molecule has 0 bridgehead atoms. The summed E-state index contributed by atoms with van der Waals surface area (Å²) in [5.74, 6) is 0.126. The molecule has 1 aromatic rings. The van der Waals surface area contributed by atoms with Gasteiger partial charge in [-0.05, 0) is 18.9 Å². The van der Waals surface area contributed by atoms with Crippen LogP contribution >= 0.6 is 22.9 Å². The molecule has 0 radical (unpaired) electrons. The minimum absolute atomic E-state index is 0.126. The zero-order valence-electron chi connectivity index (χ0n) is 8.86. The number of aryl methyl sites for hydroxylation is 1. The van der Waals surface area contributed by atoms with Crippen molar-refractivity contribution in [2.45, 2.75) is 25.4 Å². The molecule has 1 aromatic heterocycles. The quantitative estimate of drug-likeness (QED) is 0.901. The van der Waals surface area contributed by atoms with Crippen molar-refractivity contribution in [1.82, 2.24) is 4.90 Å². The largest absolute Gasteiger partial charge is 0.391 e. The van der Waals surface area contributed by atoms with Crippen LogP contribution < -0.4 is 0 Å². The first-order chi connectivity index (χ1) is 7.65. The first-order valence-electron chi connectivity index (χ1n) is 5.34. The predicted octanol–water partition coefficient (Wildman–Crippen LogP) is 1.93. The van der Waals surface area contributed by atoms with E-state index in [0.717, 1.165) is 16.3 Å². The van der Waals surface area contributed by atoms with Crippen molar-refractivity contribution in [2.24, 2.45) is 0 Å². The highest BCUT2D eigenvalue weighted by atomic mass is 35.5. The normalized spacial score (nSPS) is 20.4. The van der Waals surface area contributed by atoms with Crippen LogP contribution in [0.15, 0.2) is 11.4 Å². The van der Waals surface area contributed by atoms with E-state index in [1.165, 1.54) is 0 Å². The van der Waals surface area contributed by atoms with Gasteiger partial charge in [0.05, 0.1) is 11.1 Å². The fourth-order valence-corrected chi connectivity index (χ4v) is 2.92. The third-order valence-corrected chi connectivity index (χ3v) is 4.07. The molecule has 0 aliphatic carbocycles. The number of halogens is 1. The van der Waals surface area contributed by atoms with Crippen molar-refractivity contribution in [2.75, 3.05) is 13.1 Å². The van der Waals surface area contributed by atoms with Gasteiger partial charge in [-0.15, -0.1) is 11.3 Å². The molecule has 2 heterocycles. The van der Waals surface area contributed by atoms with Crippen LogP contribution in [0.2, 0.25) is 5.02 Å². The minimum atomic E-state index is -0.333. The maximum Gasteiger partial charge on any atom is 0.223 e. The van der Waals surface area contributed by atoms with E-state index in [9.17, 15) is 9.90 Å². The van der Waals surface area contributed by atoms with Crippen LogP contribution in [0.25, 0.3) is 0 Å². The van der Waals surface area contributed by atoms with Crippen LogP contribution in [0.4, 0.5) is 0 Å². The number of thiophene rings is 1. The molecule has 0 spiro atoms. The number of amides is 1. The molecule has 1 saturated heterocycles. The Morgan fingerprint density at radius 3 is 3.06 bits per heavy atom. The van der Waals surface area contributed by atoms with Crippen molar-refractivity contribution in [1.29, 1.82) is 0 Å². The van der Waals surface area contributed by atoms with Crippen LogP contribution in [0.1, 0.15) is 17.7 Å². The van der Waals surface area contributed by atoms with E-state index in [-0.39, 0.29) is 12.0 Å². The Hall–Kier alpha value is -0.580. The molecular formula is C11H14ClNO2S. The van der Waals surface area contributed by atoms with E-state index >= 15 is 0 Å². The van der Waals surface area contributed by atoms with Crippen molar-refractivity contribution < 1.29 is 9.90 Å². The second-order valence-electron chi connectivity index (χ2n) is 4.01. The Balaban J connectivity index is 1.80. The molecule has 88 valence electrons. The predicted molar refractivity (Wildman–Crippen MR) is 64.9 cm³/mol. The Kier molecular flexibility index (Phi) is 3.84. The van der Waals surface area contributed by atoms with Crippen LogP contribution in [0.3, 0.4) is 0 Å². The minimum Gasteiger partial charge on any atom is -0.391 e. The van der Waals surface area contributed by atoms with E-state index in [2.05, 4.69) is 0 Å². The molecule has 1 fully saturated rings. The Labute approximate surface area is 104 Å². The maximum atomic E-state index is 11.8. The maximum absolute atomic E-state index is 11.8. The van der Waals surface area contributed by atoms with Crippen LogP contribution in [-0.4, -0.2) is 35.1 Å². The summed E-state index contributed by atoms with van der Waals surface area (Å²) in [4.78, 5) is 14.6. The summed E-state index contributed by atoms with van der Waals surface area (Å²) in [6.07, 6.45) is 1.61. The number of carbonyl (C=O) groups is 1. The highest BCUT2D eigenvalue weighted by Crippen LogP contribution is 2.21. The molecule has 2 rings (SSSR count). The zero-order chi connectivity index (χ0) is 11.5. The molecule has 3 nitrogen and oxygen atoms in total. The fourth-order valence-electron chi connectivity index (χ4n) is 1.84. The van der Waals surface area contributed by atoms with Gasteiger partial charge >= 0.3 is 0 Å². The van der Waals surface area contributed by atoms with Gasteiger partial charge in [-0.2, -0.15) is 0 Å². The lowest BCUT2D eigenvalue weighted by Crippen LogP contribution is -2.29. The summed E-state index contributed by atoms with van der Waals surface area (Å²) in [5.41, 5.74) is 0. The molecule has 16 heavy (non-hydrogen) atoms. The molecule has 5 heteroatoms. The van der Waals surface area contributed by atoms with Crippen molar-refractivity contribution >= 4 is 28.8 Å². The van der Waals surface area contributed by atoms with Gasteiger partial charge in [0.1, 0.15) is 0 Å². The lowest BCUT2D eigenvalue weighted by molar-refractivity contribution is -0.130. The summed E-state index contributed by atoms with van der Waals surface area (Å²) < 4.78 is 0. The van der Waals surface area contributed by atoms with Gasteiger partial charge in [-0.3, -0.25) is 4.79 Å². The van der Waals surface area contributed by atoms with Crippen LogP contribution in [0, 0.1) is 0 Å². The Morgan fingerprint density at radius 2 is 2.50 bits per heavy atom. The van der Waals surface area contributed by atoms with Crippen molar-refractivity contribution in [3.05, 3.63) is 21.3 Å². The van der Waals surface area contributed by atoms with Gasteiger partial charge < -0.3 is 10.0 Å². The lowest BCUT2D eigenvalue weighted by Gasteiger charge is -2.14. The van der Waals surface area contributed by atoms with Gasteiger partial charge in [-0.1, -0.05) is 11.6 Å². The van der Waals surface area contributed by atoms with Gasteiger partial charge in [0.2, 0.25) is 5.91 Å². The molecule has 1 amide bonds. The summed E-state index contributed by atoms with van der Waals surface area (Å²) in [7, 11) is 0. The van der Waals surface area contributed by atoms with Crippen molar-refractivity contribution in [3.63, 3.8) is 0 Å². The number of hydrogen-bond donors (Lipinski definition) is 1. The number of β-amino-alcohol motifs (C(OH)–C–C–N with tert-alkyl or cyclic N) is 1. The second-order valence-corrected chi connectivity index (χ2v) is 5.45. The Morgan fingerprint density at radius 1 is 1.69 bits per heavy atom.